The van der Waals surface area contributed by atoms with E-state index in [9.17, 15) is 0 Å². The quantitative estimate of drug-likeness (QED) is 0.825. The van der Waals surface area contributed by atoms with Crippen LogP contribution in [0.15, 0.2) is 24.3 Å². The highest BCUT2D eigenvalue weighted by molar-refractivity contribution is 5.84. The second-order valence-corrected chi connectivity index (χ2v) is 4.69. The second-order valence-electron chi connectivity index (χ2n) is 4.69. The van der Waals surface area contributed by atoms with Crippen LogP contribution in [0.3, 0.4) is 0 Å². The fraction of sp³-hybridized carbons (Fsp3) is 0.357. The first-order valence-corrected chi connectivity index (χ1v) is 5.87. The minimum absolute atomic E-state index is 0.662. The number of rotatable bonds is 2. The largest absolute Gasteiger partial charge is 0.367 e. The van der Waals surface area contributed by atoms with Gasteiger partial charge in [-0.1, -0.05) is 12.1 Å². The van der Waals surface area contributed by atoms with Gasteiger partial charge < -0.3 is 5.32 Å². The molecule has 3 rings (SSSR count). The van der Waals surface area contributed by atoms with Gasteiger partial charge in [-0.15, -0.1) is 0 Å². The Labute approximate surface area is 95.7 Å². The number of fused-ring (bicyclic) bond motifs is 1. The van der Waals surface area contributed by atoms with E-state index in [1.807, 2.05) is 0 Å². The number of anilines is 1. The predicted molar refractivity (Wildman–Crippen MR) is 67.9 cm³/mol. The van der Waals surface area contributed by atoms with Crippen molar-refractivity contribution in [1.29, 1.82) is 0 Å². The van der Waals surface area contributed by atoms with Crippen molar-refractivity contribution in [1.82, 2.24) is 4.98 Å². The molecule has 2 heteroatoms. The molecule has 1 aliphatic carbocycles. The smallest absolute Gasteiger partial charge is 0.126 e. The predicted octanol–water partition coefficient (Wildman–Crippen LogP) is 3.43. The number of nitrogens with one attached hydrogen (secondary N) is 1. The van der Waals surface area contributed by atoms with Crippen LogP contribution < -0.4 is 5.32 Å². The summed E-state index contributed by atoms with van der Waals surface area (Å²) in [6.45, 7) is 4.28. The van der Waals surface area contributed by atoms with Crippen molar-refractivity contribution >= 4 is 16.7 Å². The lowest BCUT2D eigenvalue weighted by atomic mass is 10.1. The molecule has 82 valence electrons. The molecule has 1 saturated carbocycles. The van der Waals surface area contributed by atoms with E-state index >= 15 is 0 Å². The highest BCUT2D eigenvalue weighted by atomic mass is 15.0. The molecule has 1 heterocycles. The number of pyridine rings is 1. The van der Waals surface area contributed by atoms with E-state index in [1.54, 1.807) is 0 Å². The second kappa shape index (κ2) is 3.48. The molecule has 0 saturated heterocycles. The van der Waals surface area contributed by atoms with Crippen molar-refractivity contribution in [2.24, 2.45) is 0 Å². The van der Waals surface area contributed by atoms with Gasteiger partial charge in [0.25, 0.3) is 0 Å². The van der Waals surface area contributed by atoms with Crippen LogP contribution in [0.2, 0.25) is 0 Å². The summed E-state index contributed by atoms with van der Waals surface area (Å²) in [5, 5.41) is 4.67. The maximum Gasteiger partial charge on any atom is 0.126 e. The molecule has 0 spiro atoms. The molecule has 0 atom stereocenters. The minimum atomic E-state index is 0.662. The van der Waals surface area contributed by atoms with Crippen molar-refractivity contribution < 1.29 is 0 Å². The molecule has 1 N–H and O–H groups in total. The maximum atomic E-state index is 4.70. The molecule has 1 fully saturated rings. The van der Waals surface area contributed by atoms with Gasteiger partial charge in [0, 0.05) is 11.4 Å². The Morgan fingerprint density at radius 2 is 1.88 bits per heavy atom. The molecule has 1 aliphatic rings. The molecule has 1 aromatic heterocycles. The van der Waals surface area contributed by atoms with Crippen LogP contribution in [0.4, 0.5) is 5.82 Å². The SMILES string of the molecule is Cc1ccc2ccc(NC3CC3)nc2c1C. The number of aromatic nitrogens is 1. The van der Waals surface area contributed by atoms with E-state index in [1.165, 1.54) is 29.4 Å². The van der Waals surface area contributed by atoms with Gasteiger partial charge in [-0.3, -0.25) is 0 Å². The van der Waals surface area contributed by atoms with Crippen LogP contribution in [-0.4, -0.2) is 11.0 Å². The summed E-state index contributed by atoms with van der Waals surface area (Å²) in [5.41, 5.74) is 3.73. The Hall–Kier alpha value is -1.57. The average molecular weight is 212 g/mol. The van der Waals surface area contributed by atoms with E-state index in [2.05, 4.69) is 43.4 Å². The zero-order chi connectivity index (χ0) is 11.1. The molecule has 0 bridgehead atoms. The highest BCUT2D eigenvalue weighted by Gasteiger charge is 2.21. The fourth-order valence-electron chi connectivity index (χ4n) is 1.95. The van der Waals surface area contributed by atoms with Crippen molar-refractivity contribution in [3.63, 3.8) is 0 Å². The average Bonchev–Trinajstić information content (AvgIpc) is 3.08. The number of nitrogens with zero attached hydrogens (tertiary/aromatic N) is 1. The molecular formula is C14H16N2. The molecule has 0 unspecified atom stereocenters. The van der Waals surface area contributed by atoms with Crippen molar-refractivity contribution in [2.75, 3.05) is 5.32 Å². The summed E-state index contributed by atoms with van der Waals surface area (Å²) in [6.07, 6.45) is 2.57. The summed E-state index contributed by atoms with van der Waals surface area (Å²) in [7, 11) is 0. The number of aryl methyl sites for hydroxylation is 2. The normalized spacial score (nSPS) is 15.4. The van der Waals surface area contributed by atoms with Crippen LogP contribution in [0, 0.1) is 13.8 Å². The summed E-state index contributed by atoms with van der Waals surface area (Å²) in [6, 6.07) is 9.20. The van der Waals surface area contributed by atoms with E-state index in [0.29, 0.717) is 6.04 Å². The van der Waals surface area contributed by atoms with Crippen molar-refractivity contribution in [3.8, 4) is 0 Å². The van der Waals surface area contributed by atoms with E-state index in [0.717, 1.165) is 11.3 Å². The van der Waals surface area contributed by atoms with Gasteiger partial charge in [-0.2, -0.15) is 0 Å². The zero-order valence-electron chi connectivity index (χ0n) is 9.75. The van der Waals surface area contributed by atoms with Crippen LogP contribution >= 0.6 is 0 Å². The third-order valence-electron chi connectivity index (χ3n) is 3.32. The summed E-state index contributed by atoms with van der Waals surface area (Å²) >= 11 is 0. The van der Waals surface area contributed by atoms with Crippen LogP contribution in [0.25, 0.3) is 10.9 Å². The Morgan fingerprint density at radius 1 is 1.12 bits per heavy atom. The first-order chi connectivity index (χ1) is 7.74. The molecule has 2 aromatic rings. The van der Waals surface area contributed by atoms with Gasteiger partial charge in [-0.05, 0) is 49.9 Å². The molecule has 2 nitrogen and oxygen atoms in total. The van der Waals surface area contributed by atoms with Gasteiger partial charge in [0.1, 0.15) is 5.82 Å². The van der Waals surface area contributed by atoms with E-state index in [-0.39, 0.29) is 0 Å². The lowest BCUT2D eigenvalue weighted by molar-refractivity contribution is 1.12. The molecule has 0 aliphatic heterocycles. The molecule has 16 heavy (non-hydrogen) atoms. The Morgan fingerprint density at radius 3 is 2.62 bits per heavy atom. The number of benzene rings is 1. The van der Waals surface area contributed by atoms with Gasteiger partial charge in [0.2, 0.25) is 0 Å². The van der Waals surface area contributed by atoms with Crippen LogP contribution in [-0.2, 0) is 0 Å². The van der Waals surface area contributed by atoms with Gasteiger partial charge in [-0.25, -0.2) is 4.98 Å². The summed E-state index contributed by atoms with van der Waals surface area (Å²) in [5.74, 6) is 1.02. The molecule has 1 aromatic carbocycles. The maximum absolute atomic E-state index is 4.70. The standard InChI is InChI=1S/C14H16N2/c1-9-3-4-11-5-8-13(15-12-6-7-12)16-14(11)10(9)2/h3-5,8,12H,6-7H2,1-2H3,(H,15,16). The summed E-state index contributed by atoms with van der Waals surface area (Å²) in [4.78, 5) is 4.70. The zero-order valence-corrected chi connectivity index (χ0v) is 9.75. The monoisotopic (exact) mass is 212 g/mol. The van der Waals surface area contributed by atoms with Gasteiger partial charge in [0.05, 0.1) is 5.52 Å². The minimum Gasteiger partial charge on any atom is -0.367 e. The fourth-order valence-corrected chi connectivity index (χ4v) is 1.95. The van der Waals surface area contributed by atoms with Gasteiger partial charge in [0.15, 0.2) is 0 Å². The van der Waals surface area contributed by atoms with E-state index in [4.69, 9.17) is 4.98 Å². The van der Waals surface area contributed by atoms with Crippen molar-refractivity contribution in [2.45, 2.75) is 32.7 Å². The van der Waals surface area contributed by atoms with Crippen LogP contribution in [0.5, 0.6) is 0 Å². The molecule has 0 radical (unpaired) electrons. The Balaban J connectivity index is 2.10. The van der Waals surface area contributed by atoms with E-state index < -0.39 is 0 Å². The first-order valence-electron chi connectivity index (χ1n) is 5.87. The highest BCUT2D eigenvalue weighted by Crippen LogP contribution is 2.26. The Kier molecular flexibility index (Phi) is 2.10. The molecular weight excluding hydrogens is 196 g/mol. The topological polar surface area (TPSA) is 24.9 Å². The lowest BCUT2D eigenvalue weighted by Crippen LogP contribution is -2.03. The van der Waals surface area contributed by atoms with Gasteiger partial charge >= 0.3 is 0 Å². The number of hydrogen-bond donors (Lipinski definition) is 1. The van der Waals surface area contributed by atoms with Crippen LogP contribution in [0.1, 0.15) is 24.0 Å². The number of hydrogen-bond acceptors (Lipinski definition) is 2. The summed E-state index contributed by atoms with van der Waals surface area (Å²) < 4.78 is 0. The third-order valence-corrected chi connectivity index (χ3v) is 3.32. The lowest BCUT2D eigenvalue weighted by Gasteiger charge is -2.08. The van der Waals surface area contributed by atoms with Crippen molar-refractivity contribution in [3.05, 3.63) is 35.4 Å². The first kappa shape index (κ1) is 9.64. The third kappa shape index (κ3) is 1.64. The Bertz CT molecular complexity index is 542. The molecule has 0 amide bonds.